The van der Waals surface area contributed by atoms with E-state index in [4.69, 9.17) is 21.1 Å². The molecule has 0 aliphatic carbocycles. The molecule has 0 radical (unpaired) electrons. The standard InChI is InChI=1S/C28H29ClN4O4S2/c1-15-7-9-19(10-8-15)21-13-38-26(23(21)27(35)36-6)30-22(34)14-39-28-32-31-25(33(28)5)18(4)37-20-11-16(2)24(29)17(3)12-20/h7-13,18H,14H2,1-6H3,(H,30,34). The maximum Gasteiger partial charge on any atom is 0.341 e. The number of hydrogen-bond acceptors (Lipinski definition) is 8. The Bertz CT molecular complexity index is 1490. The second-order valence-corrected chi connectivity index (χ2v) is 11.3. The number of benzene rings is 2. The van der Waals surface area contributed by atoms with Crippen LogP contribution >= 0.6 is 34.7 Å². The Hall–Kier alpha value is -3.34. The molecule has 11 heteroatoms. The molecule has 4 aromatic rings. The molecule has 4 rings (SSSR count). The zero-order valence-electron chi connectivity index (χ0n) is 22.5. The summed E-state index contributed by atoms with van der Waals surface area (Å²) in [6.45, 7) is 7.75. The van der Waals surface area contributed by atoms with E-state index in [1.165, 1.54) is 30.2 Å². The fourth-order valence-electron chi connectivity index (χ4n) is 4.03. The van der Waals surface area contributed by atoms with E-state index in [0.29, 0.717) is 32.9 Å². The van der Waals surface area contributed by atoms with Crippen molar-refractivity contribution in [1.82, 2.24) is 14.8 Å². The molecule has 0 spiro atoms. The van der Waals surface area contributed by atoms with E-state index >= 15 is 0 Å². The quantitative estimate of drug-likeness (QED) is 0.171. The Morgan fingerprint density at radius 2 is 1.79 bits per heavy atom. The summed E-state index contributed by atoms with van der Waals surface area (Å²) in [6.07, 6.45) is -0.375. The molecule has 8 nitrogen and oxygen atoms in total. The molecule has 0 aliphatic rings. The summed E-state index contributed by atoms with van der Waals surface area (Å²) in [6, 6.07) is 11.6. The van der Waals surface area contributed by atoms with Crippen molar-refractivity contribution < 1.29 is 19.1 Å². The van der Waals surface area contributed by atoms with Crippen molar-refractivity contribution in [3.8, 4) is 16.9 Å². The first-order valence-electron chi connectivity index (χ1n) is 12.1. The molecular weight excluding hydrogens is 556 g/mol. The molecule has 0 fully saturated rings. The topological polar surface area (TPSA) is 95.3 Å². The molecule has 0 saturated carbocycles. The van der Waals surface area contributed by atoms with Gasteiger partial charge < -0.3 is 19.4 Å². The van der Waals surface area contributed by atoms with E-state index in [0.717, 1.165) is 27.3 Å². The summed E-state index contributed by atoms with van der Waals surface area (Å²) in [5.74, 6) is 0.615. The second kappa shape index (κ2) is 12.2. The third-order valence-electron chi connectivity index (χ3n) is 6.08. The van der Waals surface area contributed by atoms with Crippen LogP contribution in [-0.2, 0) is 16.6 Å². The number of nitrogens with one attached hydrogen (secondary N) is 1. The predicted octanol–water partition coefficient (Wildman–Crippen LogP) is 6.78. The highest BCUT2D eigenvalue weighted by atomic mass is 35.5. The third-order valence-corrected chi connectivity index (χ3v) is 8.60. The molecule has 39 heavy (non-hydrogen) atoms. The number of esters is 1. The summed E-state index contributed by atoms with van der Waals surface area (Å²) >= 11 is 8.80. The van der Waals surface area contributed by atoms with Gasteiger partial charge in [-0.3, -0.25) is 4.79 Å². The monoisotopic (exact) mass is 584 g/mol. The number of carbonyl (C=O) groups is 2. The molecule has 1 N–H and O–H groups in total. The lowest BCUT2D eigenvalue weighted by molar-refractivity contribution is -0.113. The average molecular weight is 585 g/mol. The van der Waals surface area contributed by atoms with Gasteiger partial charge in [0.25, 0.3) is 0 Å². The molecule has 2 aromatic heterocycles. The van der Waals surface area contributed by atoms with E-state index in [1.807, 2.05) is 76.5 Å². The second-order valence-electron chi connectivity index (χ2n) is 9.08. The number of carbonyl (C=O) groups excluding carboxylic acids is 2. The van der Waals surface area contributed by atoms with Crippen LogP contribution in [0.5, 0.6) is 5.75 Å². The van der Waals surface area contributed by atoms with Crippen molar-refractivity contribution in [2.45, 2.75) is 39.0 Å². The molecule has 2 aromatic carbocycles. The number of amides is 1. The van der Waals surface area contributed by atoms with Gasteiger partial charge in [-0.1, -0.05) is 53.2 Å². The number of methoxy groups -OCH3 is 1. The van der Waals surface area contributed by atoms with E-state index in [2.05, 4.69) is 15.5 Å². The lowest BCUT2D eigenvalue weighted by Crippen LogP contribution is -2.16. The Morgan fingerprint density at radius 1 is 1.13 bits per heavy atom. The lowest BCUT2D eigenvalue weighted by Gasteiger charge is -2.16. The smallest absolute Gasteiger partial charge is 0.341 e. The number of nitrogens with zero attached hydrogens (tertiary/aromatic N) is 3. The fraction of sp³-hybridized carbons (Fsp3) is 0.286. The highest BCUT2D eigenvalue weighted by molar-refractivity contribution is 7.99. The van der Waals surface area contributed by atoms with Crippen LogP contribution in [-0.4, -0.2) is 39.5 Å². The van der Waals surface area contributed by atoms with Crippen LogP contribution in [0.15, 0.2) is 46.9 Å². The van der Waals surface area contributed by atoms with Gasteiger partial charge in [0.1, 0.15) is 16.3 Å². The van der Waals surface area contributed by atoms with Crippen LogP contribution in [0.3, 0.4) is 0 Å². The molecule has 204 valence electrons. The van der Waals surface area contributed by atoms with Gasteiger partial charge in [-0.25, -0.2) is 4.79 Å². The predicted molar refractivity (Wildman–Crippen MR) is 156 cm³/mol. The van der Waals surface area contributed by atoms with Crippen LogP contribution in [0.4, 0.5) is 5.00 Å². The molecule has 1 amide bonds. The SMILES string of the molecule is COC(=O)c1c(-c2ccc(C)cc2)csc1NC(=O)CSc1nnc(C(C)Oc2cc(C)c(Cl)c(C)c2)n1C. The first-order chi connectivity index (χ1) is 18.6. The summed E-state index contributed by atoms with van der Waals surface area (Å²) in [7, 11) is 3.16. The van der Waals surface area contributed by atoms with Crippen molar-refractivity contribution in [2.24, 2.45) is 7.05 Å². The summed E-state index contributed by atoms with van der Waals surface area (Å²) in [5, 5.41) is 15.0. The average Bonchev–Trinajstić information content (AvgIpc) is 3.49. The molecule has 0 aliphatic heterocycles. The fourth-order valence-corrected chi connectivity index (χ4v) is 5.83. The van der Waals surface area contributed by atoms with Gasteiger partial charge in [0.15, 0.2) is 17.1 Å². The van der Waals surface area contributed by atoms with Gasteiger partial charge in [-0.15, -0.1) is 21.5 Å². The Morgan fingerprint density at radius 3 is 2.44 bits per heavy atom. The summed E-state index contributed by atoms with van der Waals surface area (Å²) in [5.41, 5.74) is 4.91. The minimum atomic E-state index is -0.507. The lowest BCUT2D eigenvalue weighted by atomic mass is 10.0. The highest BCUT2D eigenvalue weighted by Crippen LogP contribution is 2.36. The minimum absolute atomic E-state index is 0.0785. The largest absolute Gasteiger partial charge is 0.483 e. The van der Waals surface area contributed by atoms with E-state index in [-0.39, 0.29) is 17.8 Å². The van der Waals surface area contributed by atoms with Crippen molar-refractivity contribution in [2.75, 3.05) is 18.2 Å². The highest BCUT2D eigenvalue weighted by Gasteiger charge is 2.23. The van der Waals surface area contributed by atoms with Crippen molar-refractivity contribution in [3.63, 3.8) is 0 Å². The number of aryl methyl sites for hydroxylation is 3. The van der Waals surface area contributed by atoms with Gasteiger partial charge in [-0.05, 0) is 56.5 Å². The number of aromatic nitrogens is 3. The van der Waals surface area contributed by atoms with Crippen LogP contribution < -0.4 is 10.1 Å². The van der Waals surface area contributed by atoms with Gasteiger partial charge in [0.05, 0.1) is 12.9 Å². The number of hydrogen-bond donors (Lipinski definition) is 1. The third kappa shape index (κ3) is 6.46. The molecule has 1 unspecified atom stereocenters. The normalized spacial score (nSPS) is 11.8. The molecule has 1 atom stereocenters. The number of anilines is 1. The Balaban J connectivity index is 1.43. The zero-order valence-corrected chi connectivity index (χ0v) is 24.9. The van der Waals surface area contributed by atoms with Crippen LogP contribution in [0.2, 0.25) is 5.02 Å². The van der Waals surface area contributed by atoms with Crippen molar-refractivity contribution in [3.05, 3.63) is 74.9 Å². The van der Waals surface area contributed by atoms with Crippen LogP contribution in [0.25, 0.3) is 11.1 Å². The number of thiophene rings is 1. The Labute approximate surface area is 240 Å². The zero-order chi connectivity index (χ0) is 28.3. The van der Waals surface area contributed by atoms with Gasteiger partial charge in [0.2, 0.25) is 5.91 Å². The van der Waals surface area contributed by atoms with Gasteiger partial charge in [0, 0.05) is 23.0 Å². The van der Waals surface area contributed by atoms with Gasteiger partial charge >= 0.3 is 5.97 Å². The first kappa shape index (κ1) is 28.7. The minimum Gasteiger partial charge on any atom is -0.483 e. The first-order valence-corrected chi connectivity index (χ1v) is 14.4. The van der Waals surface area contributed by atoms with Crippen LogP contribution in [0.1, 0.15) is 45.9 Å². The maximum atomic E-state index is 12.9. The number of thioether (sulfide) groups is 1. The van der Waals surface area contributed by atoms with Crippen LogP contribution in [0, 0.1) is 20.8 Å². The van der Waals surface area contributed by atoms with Crippen molar-refractivity contribution in [1.29, 1.82) is 0 Å². The van der Waals surface area contributed by atoms with Gasteiger partial charge in [-0.2, -0.15) is 0 Å². The van der Waals surface area contributed by atoms with E-state index in [9.17, 15) is 9.59 Å². The van der Waals surface area contributed by atoms with E-state index in [1.54, 1.807) is 4.57 Å². The van der Waals surface area contributed by atoms with E-state index < -0.39 is 5.97 Å². The number of ether oxygens (including phenoxy) is 2. The summed E-state index contributed by atoms with van der Waals surface area (Å²) in [4.78, 5) is 25.5. The molecule has 0 saturated heterocycles. The maximum absolute atomic E-state index is 12.9. The molecule has 0 bridgehead atoms. The number of rotatable bonds is 9. The Kier molecular flexibility index (Phi) is 8.99. The van der Waals surface area contributed by atoms with Crippen molar-refractivity contribution >= 4 is 51.6 Å². The summed E-state index contributed by atoms with van der Waals surface area (Å²) < 4.78 is 12.9. The molecule has 2 heterocycles. The molecular formula is C28H29ClN4O4S2. The number of halogens is 1.